The van der Waals surface area contributed by atoms with Crippen LogP contribution in [0.3, 0.4) is 0 Å². The van der Waals surface area contributed by atoms with Gasteiger partial charge in [0.05, 0.1) is 44.7 Å². The molecule has 0 bridgehead atoms. The second-order valence-electron chi connectivity index (χ2n) is 8.11. The Morgan fingerprint density at radius 1 is 0.862 bits per heavy atom. The van der Waals surface area contributed by atoms with Gasteiger partial charge in [0, 0.05) is 12.5 Å². The van der Waals surface area contributed by atoms with Crippen molar-refractivity contribution in [2.45, 2.75) is 6.42 Å². The minimum absolute atomic E-state index is 0.719. The van der Waals surface area contributed by atoms with Crippen LogP contribution >= 0.6 is 0 Å². The van der Waals surface area contributed by atoms with Crippen molar-refractivity contribution in [3.05, 3.63) is 60.7 Å². The van der Waals surface area contributed by atoms with Crippen LogP contribution in [0.15, 0.2) is 60.7 Å². The fourth-order valence-electron chi connectivity index (χ4n) is 4.30. The number of aromatic amines is 1. The number of benzene rings is 2. The maximum absolute atomic E-state index is 6.04. The Morgan fingerprint density at radius 2 is 1.66 bits per heavy atom. The van der Waals surface area contributed by atoms with E-state index in [4.69, 9.17) is 9.47 Å². The molecule has 1 N–H and O–H groups in total. The smallest absolute Gasteiger partial charge is 0.205 e. The van der Waals surface area contributed by atoms with Gasteiger partial charge in [-0.15, -0.1) is 0 Å². The second kappa shape index (κ2) is 7.48. The molecule has 5 rings (SSSR count). The lowest BCUT2D eigenvalue weighted by molar-refractivity contribution is 0.292. The van der Waals surface area contributed by atoms with Crippen LogP contribution in [0, 0.1) is 0 Å². The fourth-order valence-corrected chi connectivity index (χ4v) is 4.30. The van der Waals surface area contributed by atoms with E-state index < -0.39 is 0 Å². The van der Waals surface area contributed by atoms with Crippen molar-refractivity contribution in [1.82, 2.24) is 9.47 Å². The van der Waals surface area contributed by atoms with E-state index in [2.05, 4.69) is 71.5 Å². The molecule has 1 fully saturated rings. The molecule has 1 saturated heterocycles. The Balaban J connectivity index is 1.34. The number of nitrogens with one attached hydrogen (secondary N) is 1. The van der Waals surface area contributed by atoms with Crippen molar-refractivity contribution >= 4 is 11.5 Å². The van der Waals surface area contributed by atoms with E-state index >= 15 is 0 Å². The van der Waals surface area contributed by atoms with Crippen molar-refractivity contribution < 1.29 is 9.47 Å². The first-order chi connectivity index (χ1) is 14.2. The van der Waals surface area contributed by atoms with Gasteiger partial charge < -0.3 is 19.4 Å². The van der Waals surface area contributed by atoms with Crippen LogP contribution in [0.25, 0.3) is 11.3 Å². The lowest BCUT2D eigenvalue weighted by Crippen LogP contribution is -2.58. The average Bonchev–Trinajstić information content (AvgIpc) is 3.15. The molecule has 5 heteroatoms. The molecule has 2 aromatic carbocycles. The van der Waals surface area contributed by atoms with Crippen molar-refractivity contribution in [2.75, 3.05) is 51.3 Å². The molecule has 0 radical (unpaired) electrons. The zero-order valence-corrected chi connectivity index (χ0v) is 16.9. The number of quaternary nitrogens is 1. The van der Waals surface area contributed by atoms with E-state index in [-0.39, 0.29) is 0 Å². The molecule has 0 amide bonds. The molecular weight excluding hydrogens is 362 g/mol. The van der Waals surface area contributed by atoms with E-state index in [0.29, 0.717) is 0 Å². The molecule has 1 aromatic heterocycles. The van der Waals surface area contributed by atoms with Crippen LogP contribution in [-0.2, 0) is 0 Å². The summed E-state index contributed by atoms with van der Waals surface area (Å²) in [5, 5.41) is 0. The molecule has 2 aliphatic heterocycles. The standard InChI is InChI=1S/C24H28N3O2/c1-27(23-12-11-20(25-23)19-7-3-2-4-8-19)15-13-26(14-16-27)21-9-5-10-22-24(21)29-18-6-17-28-22/h2-5,7-12,25H,6,13-18H2,1H3/q+1. The van der Waals surface area contributed by atoms with Gasteiger partial charge in [0.1, 0.15) is 13.1 Å². The number of nitrogens with zero attached hydrogens (tertiary/aromatic N) is 2. The number of anilines is 1. The third kappa shape index (κ3) is 3.47. The number of aromatic nitrogens is 1. The SMILES string of the molecule is C[N+]1(c2ccc(-c3ccccc3)[nH]2)CCN(c2cccc3c2OCCCO3)CC1. The van der Waals surface area contributed by atoms with Gasteiger partial charge in [0.2, 0.25) is 5.82 Å². The number of fused-ring (bicyclic) bond motifs is 1. The largest absolute Gasteiger partial charge is 0.489 e. The Kier molecular flexibility index (Phi) is 4.68. The molecular formula is C24H28N3O2+. The zero-order valence-electron chi connectivity index (χ0n) is 16.9. The van der Waals surface area contributed by atoms with E-state index in [1.165, 1.54) is 17.1 Å². The van der Waals surface area contributed by atoms with E-state index in [0.717, 1.165) is 67.5 Å². The van der Waals surface area contributed by atoms with Crippen LogP contribution in [-0.4, -0.2) is 51.4 Å². The number of H-pyrrole nitrogens is 1. The fraction of sp³-hybridized carbons (Fsp3) is 0.333. The summed E-state index contributed by atoms with van der Waals surface area (Å²) >= 11 is 0. The summed E-state index contributed by atoms with van der Waals surface area (Å²) in [5.74, 6) is 3.06. The first-order valence-electron chi connectivity index (χ1n) is 10.5. The number of ether oxygens (including phenoxy) is 2. The first-order valence-corrected chi connectivity index (χ1v) is 10.5. The van der Waals surface area contributed by atoms with Crippen LogP contribution in [0.2, 0.25) is 0 Å². The first kappa shape index (κ1) is 18.1. The molecule has 0 atom stereocenters. The predicted molar refractivity (Wildman–Crippen MR) is 118 cm³/mol. The van der Waals surface area contributed by atoms with Crippen molar-refractivity contribution in [1.29, 1.82) is 0 Å². The third-order valence-electron chi connectivity index (χ3n) is 6.16. The molecule has 3 aromatic rings. The monoisotopic (exact) mass is 390 g/mol. The van der Waals surface area contributed by atoms with Crippen molar-refractivity contribution in [3.8, 4) is 22.8 Å². The Morgan fingerprint density at radius 3 is 2.48 bits per heavy atom. The molecule has 0 unspecified atom stereocenters. The minimum Gasteiger partial charge on any atom is -0.489 e. The van der Waals surface area contributed by atoms with E-state index in [9.17, 15) is 0 Å². The number of hydrogen-bond acceptors (Lipinski definition) is 3. The molecule has 3 heterocycles. The summed E-state index contributed by atoms with van der Waals surface area (Å²) in [7, 11) is 2.32. The van der Waals surface area contributed by atoms with Gasteiger partial charge in [-0.25, -0.2) is 0 Å². The molecule has 5 nitrogen and oxygen atoms in total. The highest BCUT2D eigenvalue weighted by Gasteiger charge is 2.33. The quantitative estimate of drug-likeness (QED) is 0.678. The number of hydrogen-bond donors (Lipinski definition) is 1. The zero-order chi connectivity index (χ0) is 19.7. The Labute approximate surface area is 172 Å². The summed E-state index contributed by atoms with van der Waals surface area (Å²) in [5.41, 5.74) is 3.57. The van der Waals surface area contributed by atoms with Crippen LogP contribution < -0.4 is 18.9 Å². The number of para-hydroxylation sites is 1. The van der Waals surface area contributed by atoms with Gasteiger partial charge in [-0.3, -0.25) is 4.48 Å². The van der Waals surface area contributed by atoms with Gasteiger partial charge in [-0.05, 0) is 23.8 Å². The minimum atomic E-state index is 0.719. The number of piperazine rings is 1. The second-order valence-corrected chi connectivity index (χ2v) is 8.11. The highest BCUT2D eigenvalue weighted by atomic mass is 16.5. The van der Waals surface area contributed by atoms with Gasteiger partial charge in [0.25, 0.3) is 0 Å². The summed E-state index contributed by atoms with van der Waals surface area (Å²) in [4.78, 5) is 6.10. The van der Waals surface area contributed by atoms with Gasteiger partial charge in [-0.1, -0.05) is 36.4 Å². The summed E-state index contributed by atoms with van der Waals surface area (Å²) in [6.07, 6.45) is 0.930. The highest BCUT2D eigenvalue weighted by molar-refractivity contribution is 5.66. The van der Waals surface area contributed by atoms with E-state index in [1.807, 2.05) is 6.07 Å². The van der Waals surface area contributed by atoms with Crippen LogP contribution in [0.5, 0.6) is 11.5 Å². The lowest BCUT2D eigenvalue weighted by Gasteiger charge is -2.41. The van der Waals surface area contributed by atoms with E-state index in [1.54, 1.807) is 0 Å². The summed E-state index contributed by atoms with van der Waals surface area (Å²) in [6.45, 7) is 5.49. The average molecular weight is 391 g/mol. The van der Waals surface area contributed by atoms with Crippen LogP contribution in [0.1, 0.15) is 6.42 Å². The molecule has 0 aliphatic carbocycles. The molecule has 0 spiro atoms. The Bertz CT molecular complexity index is 975. The summed E-state index contributed by atoms with van der Waals surface area (Å²) < 4.78 is 12.8. The van der Waals surface area contributed by atoms with Gasteiger partial charge in [-0.2, -0.15) is 0 Å². The number of likely N-dealkylation sites (N-methyl/N-ethyl adjacent to an activating group) is 1. The maximum atomic E-state index is 6.04. The highest BCUT2D eigenvalue weighted by Crippen LogP contribution is 2.40. The summed E-state index contributed by atoms with van der Waals surface area (Å²) in [6, 6.07) is 21.2. The Hall–Kier alpha value is -2.92. The van der Waals surface area contributed by atoms with Crippen molar-refractivity contribution in [2.24, 2.45) is 0 Å². The normalized spacial score (nSPS) is 18.3. The predicted octanol–water partition coefficient (Wildman–Crippen LogP) is 4.30. The molecule has 2 aliphatic rings. The molecule has 0 saturated carbocycles. The molecule has 150 valence electrons. The van der Waals surface area contributed by atoms with Crippen molar-refractivity contribution in [3.63, 3.8) is 0 Å². The molecule has 29 heavy (non-hydrogen) atoms. The van der Waals surface area contributed by atoms with Gasteiger partial charge >= 0.3 is 0 Å². The third-order valence-corrected chi connectivity index (χ3v) is 6.16. The number of rotatable bonds is 3. The maximum Gasteiger partial charge on any atom is 0.205 e. The van der Waals surface area contributed by atoms with Gasteiger partial charge in [0.15, 0.2) is 11.5 Å². The topological polar surface area (TPSA) is 37.5 Å². The lowest BCUT2D eigenvalue weighted by atomic mass is 10.2. The van der Waals surface area contributed by atoms with Crippen LogP contribution in [0.4, 0.5) is 11.5 Å².